The highest BCUT2D eigenvalue weighted by molar-refractivity contribution is 7.71. The van der Waals surface area contributed by atoms with Crippen LogP contribution in [0.2, 0.25) is 0 Å². The first-order chi connectivity index (χ1) is 8.78. The lowest BCUT2D eigenvalue weighted by atomic mass is 10.1. The van der Waals surface area contributed by atoms with Gasteiger partial charge in [0.25, 0.3) is 0 Å². The van der Waals surface area contributed by atoms with Gasteiger partial charge in [-0.25, -0.2) is 0 Å². The lowest BCUT2D eigenvalue weighted by Crippen LogP contribution is -2.07. The summed E-state index contributed by atoms with van der Waals surface area (Å²) in [6.45, 7) is 0.980. The number of imidazole rings is 1. The van der Waals surface area contributed by atoms with Crippen LogP contribution >= 0.6 is 12.2 Å². The quantitative estimate of drug-likeness (QED) is 0.832. The van der Waals surface area contributed by atoms with Gasteiger partial charge < -0.3 is 9.55 Å². The van der Waals surface area contributed by atoms with Gasteiger partial charge in [-0.2, -0.15) is 5.26 Å². The van der Waals surface area contributed by atoms with Gasteiger partial charge in [0.05, 0.1) is 22.7 Å². The topological polar surface area (TPSA) is 44.5 Å². The average molecular weight is 257 g/mol. The molecule has 1 aliphatic carbocycles. The molecule has 0 amide bonds. The number of nitrogens with one attached hydrogen (secondary N) is 1. The molecule has 0 unspecified atom stereocenters. The molecule has 0 bridgehead atoms. The molecule has 4 heteroatoms. The van der Waals surface area contributed by atoms with E-state index in [1.807, 2.05) is 18.2 Å². The molecular formula is C14H15N3S. The molecule has 1 fully saturated rings. The van der Waals surface area contributed by atoms with Crippen molar-refractivity contribution in [3.63, 3.8) is 0 Å². The van der Waals surface area contributed by atoms with Crippen molar-refractivity contribution in [1.29, 1.82) is 5.26 Å². The lowest BCUT2D eigenvalue weighted by Gasteiger charge is -2.10. The summed E-state index contributed by atoms with van der Waals surface area (Å²) in [4.78, 5) is 3.22. The van der Waals surface area contributed by atoms with Crippen LogP contribution in [0.4, 0.5) is 0 Å². The Balaban J connectivity index is 2.06. The van der Waals surface area contributed by atoms with Gasteiger partial charge in [0.2, 0.25) is 0 Å². The Labute approximate surface area is 111 Å². The number of nitrogens with zero attached hydrogens (tertiary/aromatic N) is 2. The molecule has 0 aliphatic heterocycles. The summed E-state index contributed by atoms with van der Waals surface area (Å²) >= 11 is 5.39. The monoisotopic (exact) mass is 257 g/mol. The normalized spacial score (nSPS) is 16.2. The van der Waals surface area contributed by atoms with Gasteiger partial charge in [0.15, 0.2) is 4.77 Å². The summed E-state index contributed by atoms with van der Waals surface area (Å²) in [6, 6.07) is 7.88. The van der Waals surface area contributed by atoms with Crippen molar-refractivity contribution in [2.24, 2.45) is 5.92 Å². The van der Waals surface area contributed by atoms with E-state index in [4.69, 9.17) is 17.5 Å². The number of H-pyrrole nitrogens is 1. The minimum Gasteiger partial charge on any atom is -0.331 e. The molecule has 3 rings (SSSR count). The molecule has 3 nitrogen and oxygen atoms in total. The lowest BCUT2D eigenvalue weighted by molar-refractivity contribution is 0.461. The zero-order valence-corrected chi connectivity index (χ0v) is 11.0. The standard InChI is InChI=1S/C14H15N3S/c15-8-11-5-6-12-13(7-11)17(14(18)16-12)9-10-3-1-2-4-10/h5-7,10H,1-4,9H2,(H,16,18). The van der Waals surface area contributed by atoms with Crippen LogP contribution in [0.5, 0.6) is 0 Å². The van der Waals surface area contributed by atoms with Gasteiger partial charge >= 0.3 is 0 Å². The number of hydrogen-bond acceptors (Lipinski definition) is 2. The van der Waals surface area contributed by atoms with Gasteiger partial charge in [0, 0.05) is 6.54 Å². The van der Waals surface area contributed by atoms with E-state index in [1.165, 1.54) is 25.7 Å². The summed E-state index contributed by atoms with van der Waals surface area (Å²) in [5, 5.41) is 8.98. The predicted molar refractivity (Wildman–Crippen MR) is 73.8 cm³/mol. The summed E-state index contributed by atoms with van der Waals surface area (Å²) in [5.41, 5.74) is 2.78. The van der Waals surface area contributed by atoms with Crippen molar-refractivity contribution < 1.29 is 0 Å². The Hall–Kier alpha value is -1.60. The van der Waals surface area contributed by atoms with Crippen molar-refractivity contribution in [1.82, 2.24) is 9.55 Å². The summed E-state index contributed by atoms with van der Waals surface area (Å²) < 4.78 is 2.92. The molecule has 0 radical (unpaired) electrons. The smallest absolute Gasteiger partial charge is 0.178 e. The van der Waals surface area contributed by atoms with E-state index in [-0.39, 0.29) is 0 Å². The minimum absolute atomic E-state index is 0.691. The van der Waals surface area contributed by atoms with Crippen LogP contribution in [0.1, 0.15) is 31.2 Å². The Kier molecular flexibility index (Phi) is 2.92. The highest BCUT2D eigenvalue weighted by atomic mass is 32.1. The van der Waals surface area contributed by atoms with Gasteiger partial charge in [0.1, 0.15) is 0 Å². The van der Waals surface area contributed by atoms with Crippen LogP contribution in [0.3, 0.4) is 0 Å². The molecule has 2 aromatic rings. The van der Waals surface area contributed by atoms with E-state index in [0.29, 0.717) is 5.56 Å². The third-order valence-corrected chi connectivity index (χ3v) is 4.14. The zero-order chi connectivity index (χ0) is 12.5. The molecule has 0 saturated heterocycles. The van der Waals surface area contributed by atoms with Crippen LogP contribution in [0, 0.1) is 22.0 Å². The van der Waals surface area contributed by atoms with Crippen LogP contribution < -0.4 is 0 Å². The molecule has 18 heavy (non-hydrogen) atoms. The Bertz CT molecular complexity index is 668. The van der Waals surface area contributed by atoms with Gasteiger partial charge in [-0.3, -0.25) is 0 Å². The summed E-state index contributed by atoms with van der Waals surface area (Å²) in [5.74, 6) is 0.737. The Morgan fingerprint density at radius 3 is 2.89 bits per heavy atom. The van der Waals surface area contributed by atoms with Crippen LogP contribution in [-0.4, -0.2) is 9.55 Å². The fourth-order valence-electron chi connectivity index (χ4n) is 2.85. The van der Waals surface area contributed by atoms with Crippen molar-refractivity contribution in [3.8, 4) is 6.07 Å². The number of hydrogen-bond donors (Lipinski definition) is 1. The highest BCUT2D eigenvalue weighted by Gasteiger charge is 2.17. The second-order valence-corrected chi connectivity index (χ2v) is 5.42. The van der Waals surface area contributed by atoms with Crippen molar-refractivity contribution in [3.05, 3.63) is 28.5 Å². The maximum Gasteiger partial charge on any atom is 0.178 e. The summed E-state index contributed by atoms with van der Waals surface area (Å²) in [7, 11) is 0. The van der Waals surface area contributed by atoms with Crippen LogP contribution in [0.25, 0.3) is 11.0 Å². The number of benzene rings is 1. The van der Waals surface area contributed by atoms with Crippen LogP contribution in [0.15, 0.2) is 18.2 Å². The van der Waals surface area contributed by atoms with E-state index >= 15 is 0 Å². The average Bonchev–Trinajstić information content (AvgIpc) is 2.99. The molecule has 0 atom stereocenters. The van der Waals surface area contributed by atoms with Crippen LogP contribution in [-0.2, 0) is 6.54 Å². The van der Waals surface area contributed by atoms with Gasteiger partial charge in [-0.15, -0.1) is 0 Å². The minimum atomic E-state index is 0.691. The van der Waals surface area contributed by atoms with Gasteiger partial charge in [-0.05, 0) is 49.2 Å². The number of nitriles is 1. The zero-order valence-electron chi connectivity index (χ0n) is 10.1. The fourth-order valence-corrected chi connectivity index (χ4v) is 3.14. The first kappa shape index (κ1) is 11.5. The van der Waals surface area contributed by atoms with E-state index < -0.39 is 0 Å². The third kappa shape index (κ3) is 1.95. The van der Waals surface area contributed by atoms with Gasteiger partial charge in [-0.1, -0.05) is 12.8 Å². The number of aromatic amines is 1. The molecular weight excluding hydrogens is 242 g/mol. The third-order valence-electron chi connectivity index (χ3n) is 3.82. The SMILES string of the molecule is N#Cc1ccc2[nH]c(=S)n(CC3CCCC3)c2c1. The highest BCUT2D eigenvalue weighted by Crippen LogP contribution is 2.28. The van der Waals surface area contributed by atoms with Crippen molar-refractivity contribution >= 4 is 23.3 Å². The maximum atomic E-state index is 8.98. The maximum absolute atomic E-state index is 8.98. The Morgan fingerprint density at radius 1 is 1.39 bits per heavy atom. The van der Waals surface area contributed by atoms with Crippen molar-refractivity contribution in [2.75, 3.05) is 0 Å². The molecule has 1 heterocycles. The number of aromatic nitrogens is 2. The fraction of sp³-hybridized carbons (Fsp3) is 0.429. The molecule has 1 aromatic carbocycles. The molecule has 1 aromatic heterocycles. The molecule has 0 spiro atoms. The first-order valence-corrected chi connectivity index (χ1v) is 6.81. The van der Waals surface area contributed by atoms with E-state index in [9.17, 15) is 0 Å². The molecule has 1 saturated carbocycles. The number of rotatable bonds is 2. The first-order valence-electron chi connectivity index (χ1n) is 6.40. The second-order valence-electron chi connectivity index (χ2n) is 5.03. The molecule has 1 N–H and O–H groups in total. The molecule has 1 aliphatic rings. The largest absolute Gasteiger partial charge is 0.331 e. The predicted octanol–water partition coefficient (Wildman–Crippen LogP) is 3.76. The number of fused-ring (bicyclic) bond motifs is 1. The summed E-state index contributed by atoms with van der Waals surface area (Å²) in [6.07, 6.45) is 5.27. The second kappa shape index (κ2) is 4.58. The molecule has 92 valence electrons. The van der Waals surface area contributed by atoms with Crippen molar-refractivity contribution in [2.45, 2.75) is 32.2 Å². The van der Waals surface area contributed by atoms with E-state index in [0.717, 1.165) is 28.3 Å². The van der Waals surface area contributed by atoms with E-state index in [2.05, 4.69) is 15.6 Å². The Morgan fingerprint density at radius 2 is 2.17 bits per heavy atom. The van der Waals surface area contributed by atoms with E-state index in [1.54, 1.807) is 0 Å².